The van der Waals surface area contributed by atoms with Crippen molar-refractivity contribution in [2.75, 3.05) is 32.8 Å². The maximum atomic E-state index is 12.8. The summed E-state index contributed by atoms with van der Waals surface area (Å²) in [6.07, 6.45) is 3.90. The summed E-state index contributed by atoms with van der Waals surface area (Å²) < 4.78 is 18.3. The molecule has 1 atom stereocenters. The first kappa shape index (κ1) is 18.9. The summed E-state index contributed by atoms with van der Waals surface area (Å²) >= 11 is 0. The predicted octanol–water partition coefficient (Wildman–Crippen LogP) is 2.59. The van der Waals surface area contributed by atoms with E-state index in [1.54, 1.807) is 12.1 Å². The monoisotopic (exact) mass is 336 g/mol. The van der Waals surface area contributed by atoms with Crippen LogP contribution >= 0.6 is 0 Å². The molecule has 1 saturated heterocycles. The normalized spacial score (nSPS) is 17.5. The number of hydrogen-bond acceptors (Lipinski definition) is 4. The molecule has 1 unspecified atom stereocenters. The number of nitrogens with one attached hydrogen (secondary N) is 1. The first-order valence-electron chi connectivity index (χ1n) is 8.68. The highest BCUT2D eigenvalue weighted by Crippen LogP contribution is 2.12. The third-order valence-corrected chi connectivity index (χ3v) is 4.24. The van der Waals surface area contributed by atoms with E-state index in [0.29, 0.717) is 18.3 Å². The molecule has 1 aliphatic rings. The quantitative estimate of drug-likeness (QED) is 0.716. The number of aliphatic hydroxyl groups is 1. The molecule has 4 nitrogen and oxygen atoms in total. The average molecular weight is 336 g/mol. The molecule has 2 N–H and O–H groups in total. The fraction of sp³-hybridized carbons (Fsp3) is 0.579. The van der Waals surface area contributed by atoms with Gasteiger partial charge in [0.15, 0.2) is 0 Å². The molecule has 0 aliphatic carbocycles. The van der Waals surface area contributed by atoms with Gasteiger partial charge in [0.05, 0.1) is 0 Å². The van der Waals surface area contributed by atoms with Gasteiger partial charge in [-0.1, -0.05) is 11.6 Å². The Morgan fingerprint density at radius 3 is 2.62 bits per heavy atom. The fourth-order valence-electron chi connectivity index (χ4n) is 2.72. The molecule has 0 saturated carbocycles. The van der Waals surface area contributed by atoms with Crippen molar-refractivity contribution < 1.29 is 14.2 Å². The van der Waals surface area contributed by atoms with Crippen molar-refractivity contribution in [1.82, 2.24) is 10.2 Å². The van der Waals surface area contributed by atoms with Crippen LogP contribution in [0.2, 0.25) is 0 Å². The minimum Gasteiger partial charge on any atom is -0.491 e. The molecule has 0 bridgehead atoms. The molecule has 24 heavy (non-hydrogen) atoms. The van der Waals surface area contributed by atoms with E-state index in [0.717, 1.165) is 32.5 Å². The van der Waals surface area contributed by atoms with Gasteiger partial charge in [-0.2, -0.15) is 0 Å². The lowest BCUT2D eigenvalue weighted by Gasteiger charge is -2.32. The number of aliphatic hydroxyl groups excluding tert-OH is 1. The van der Waals surface area contributed by atoms with E-state index < -0.39 is 6.10 Å². The van der Waals surface area contributed by atoms with Crippen LogP contribution in [0.1, 0.15) is 26.7 Å². The Morgan fingerprint density at radius 2 is 2.00 bits per heavy atom. The SMILES string of the molecule is CC(C)=CCN1CCC(NCC(O)COc2ccc(F)cc2)CC1. The van der Waals surface area contributed by atoms with Gasteiger partial charge in [0.1, 0.15) is 24.3 Å². The van der Waals surface area contributed by atoms with Gasteiger partial charge in [0.25, 0.3) is 0 Å². The molecule has 0 spiro atoms. The standard InChI is InChI=1S/C19H29FN2O2/c1-15(2)7-10-22-11-8-17(9-12-22)21-13-18(23)14-24-19-5-3-16(20)4-6-19/h3-7,17-18,21,23H,8-14H2,1-2H3. The first-order chi connectivity index (χ1) is 11.5. The van der Waals surface area contributed by atoms with E-state index >= 15 is 0 Å². The third kappa shape index (κ3) is 6.99. The van der Waals surface area contributed by atoms with Gasteiger partial charge in [-0.3, -0.25) is 4.90 Å². The highest BCUT2D eigenvalue weighted by atomic mass is 19.1. The topological polar surface area (TPSA) is 44.7 Å². The first-order valence-corrected chi connectivity index (χ1v) is 8.68. The van der Waals surface area contributed by atoms with E-state index in [9.17, 15) is 9.50 Å². The van der Waals surface area contributed by atoms with Crippen molar-refractivity contribution in [2.24, 2.45) is 0 Å². The molecule has 1 heterocycles. The maximum Gasteiger partial charge on any atom is 0.123 e. The van der Waals surface area contributed by atoms with Crippen LogP contribution in [0, 0.1) is 5.82 Å². The van der Waals surface area contributed by atoms with Crippen molar-refractivity contribution in [2.45, 2.75) is 38.8 Å². The van der Waals surface area contributed by atoms with Gasteiger partial charge in [0, 0.05) is 19.1 Å². The second-order valence-corrected chi connectivity index (χ2v) is 6.68. The molecule has 0 amide bonds. The maximum absolute atomic E-state index is 12.8. The van der Waals surface area contributed by atoms with Gasteiger partial charge in [-0.15, -0.1) is 0 Å². The van der Waals surface area contributed by atoms with Crippen molar-refractivity contribution in [3.8, 4) is 5.75 Å². The zero-order chi connectivity index (χ0) is 17.4. The van der Waals surface area contributed by atoms with Crippen LogP contribution in [0.3, 0.4) is 0 Å². The van der Waals surface area contributed by atoms with E-state index in [-0.39, 0.29) is 12.4 Å². The average Bonchev–Trinajstić information content (AvgIpc) is 2.58. The second kappa shape index (κ2) is 9.77. The summed E-state index contributed by atoms with van der Waals surface area (Å²) in [5.74, 6) is 0.281. The third-order valence-electron chi connectivity index (χ3n) is 4.24. The number of benzene rings is 1. The highest BCUT2D eigenvalue weighted by Gasteiger charge is 2.18. The Kier molecular flexibility index (Phi) is 7.69. The molecule has 2 rings (SSSR count). The van der Waals surface area contributed by atoms with Gasteiger partial charge in [-0.25, -0.2) is 4.39 Å². The second-order valence-electron chi connectivity index (χ2n) is 6.68. The molecule has 1 fully saturated rings. The lowest BCUT2D eigenvalue weighted by Crippen LogP contribution is -2.45. The number of halogens is 1. The van der Waals surface area contributed by atoms with Crippen molar-refractivity contribution >= 4 is 0 Å². The molecule has 0 aromatic heterocycles. The van der Waals surface area contributed by atoms with E-state index in [1.807, 2.05) is 0 Å². The largest absolute Gasteiger partial charge is 0.491 e. The minimum atomic E-state index is -0.571. The molecule has 1 aliphatic heterocycles. The van der Waals surface area contributed by atoms with E-state index in [2.05, 4.69) is 30.1 Å². The number of hydrogen-bond donors (Lipinski definition) is 2. The molecular formula is C19H29FN2O2. The van der Waals surface area contributed by atoms with Gasteiger partial charge in [0.2, 0.25) is 0 Å². The van der Waals surface area contributed by atoms with Crippen LogP contribution in [0.15, 0.2) is 35.9 Å². The van der Waals surface area contributed by atoms with Crippen LogP contribution in [-0.4, -0.2) is 54.9 Å². The summed E-state index contributed by atoms with van der Waals surface area (Å²) in [6.45, 7) is 8.18. The Labute approximate surface area is 144 Å². The Hall–Kier alpha value is -1.43. The van der Waals surface area contributed by atoms with E-state index in [1.165, 1.54) is 17.7 Å². The number of rotatable bonds is 8. The van der Waals surface area contributed by atoms with E-state index in [4.69, 9.17) is 4.74 Å². The number of ether oxygens (including phenoxy) is 1. The van der Waals surface area contributed by atoms with Crippen molar-refractivity contribution in [1.29, 1.82) is 0 Å². The molecule has 0 radical (unpaired) electrons. The zero-order valence-corrected chi connectivity index (χ0v) is 14.7. The molecule has 5 heteroatoms. The van der Waals surface area contributed by atoms with Gasteiger partial charge in [-0.05, 0) is 64.0 Å². The molecule has 1 aromatic carbocycles. The predicted molar refractivity (Wildman–Crippen MR) is 94.8 cm³/mol. The number of nitrogens with zero attached hydrogens (tertiary/aromatic N) is 1. The lowest BCUT2D eigenvalue weighted by molar-refractivity contribution is 0.0989. The smallest absolute Gasteiger partial charge is 0.123 e. The highest BCUT2D eigenvalue weighted by molar-refractivity contribution is 5.22. The lowest BCUT2D eigenvalue weighted by atomic mass is 10.0. The summed E-state index contributed by atoms with van der Waals surface area (Å²) in [4.78, 5) is 2.46. The number of likely N-dealkylation sites (tertiary alicyclic amines) is 1. The Bertz CT molecular complexity index is 507. The number of piperidine rings is 1. The summed E-state index contributed by atoms with van der Waals surface area (Å²) in [5, 5.41) is 13.4. The Balaban J connectivity index is 1.60. The Morgan fingerprint density at radius 1 is 1.33 bits per heavy atom. The summed E-state index contributed by atoms with van der Waals surface area (Å²) in [5.41, 5.74) is 1.36. The fourth-order valence-corrected chi connectivity index (χ4v) is 2.72. The molecular weight excluding hydrogens is 307 g/mol. The van der Waals surface area contributed by atoms with Crippen LogP contribution in [0.4, 0.5) is 4.39 Å². The van der Waals surface area contributed by atoms with Gasteiger partial charge < -0.3 is 15.2 Å². The zero-order valence-electron chi connectivity index (χ0n) is 14.7. The van der Waals surface area contributed by atoms with Crippen LogP contribution in [0.5, 0.6) is 5.75 Å². The van der Waals surface area contributed by atoms with Crippen LogP contribution < -0.4 is 10.1 Å². The summed E-state index contributed by atoms with van der Waals surface area (Å²) in [6, 6.07) is 6.29. The van der Waals surface area contributed by atoms with Gasteiger partial charge >= 0.3 is 0 Å². The molecule has 1 aromatic rings. The number of allylic oxidation sites excluding steroid dienone is 1. The molecule has 134 valence electrons. The van der Waals surface area contributed by atoms with Crippen molar-refractivity contribution in [3.63, 3.8) is 0 Å². The minimum absolute atomic E-state index is 0.206. The summed E-state index contributed by atoms with van der Waals surface area (Å²) in [7, 11) is 0. The van der Waals surface area contributed by atoms with Crippen LogP contribution in [0.25, 0.3) is 0 Å². The van der Waals surface area contributed by atoms with Crippen molar-refractivity contribution in [3.05, 3.63) is 41.7 Å². The van der Waals surface area contributed by atoms with Crippen LogP contribution in [-0.2, 0) is 0 Å².